The summed E-state index contributed by atoms with van der Waals surface area (Å²) in [6, 6.07) is 37.8. The molecule has 0 fully saturated rings. The van der Waals surface area contributed by atoms with Crippen LogP contribution >= 0.6 is 0 Å². The molecule has 9 rings (SSSR count). The normalized spacial score (nSPS) is 13.3. The van der Waals surface area contributed by atoms with Gasteiger partial charge in [0.2, 0.25) is 0 Å². The highest BCUT2D eigenvalue weighted by atomic mass is 16.5. The van der Waals surface area contributed by atoms with Gasteiger partial charge in [0.25, 0.3) is 0 Å². The summed E-state index contributed by atoms with van der Waals surface area (Å²) in [4.78, 5) is 0. The first kappa shape index (κ1) is 93.9. The molecule has 8 heteroatoms. The van der Waals surface area contributed by atoms with Gasteiger partial charge in [-0.1, -0.05) is 364 Å². The molecule has 8 aromatic rings. The molecule has 1 aliphatic rings. The maximum atomic E-state index is 7.22. The third-order valence-corrected chi connectivity index (χ3v) is 22.7. The van der Waals surface area contributed by atoms with E-state index in [1.165, 1.54) is 44.5 Å². The molecule has 1 aliphatic carbocycles. The Morgan fingerprint density at radius 1 is 0.167 bits per heavy atom. The Morgan fingerprint density at radius 2 is 0.242 bits per heavy atom. The molecule has 16 bridgehead atoms. The van der Waals surface area contributed by atoms with Gasteiger partial charge in [-0.15, -0.1) is 0 Å². The summed E-state index contributed by atoms with van der Waals surface area (Å²) in [5, 5.41) is 0. The van der Waals surface area contributed by atoms with Crippen molar-refractivity contribution in [3.63, 3.8) is 0 Å². The van der Waals surface area contributed by atoms with Gasteiger partial charge < -0.3 is 37.9 Å². The Labute approximate surface area is 725 Å². The lowest BCUT2D eigenvalue weighted by molar-refractivity contribution is 0.347. The predicted octanol–water partition coefficient (Wildman–Crippen LogP) is 27.6. The molecule has 0 atom stereocenters. The molecule has 0 aliphatic heterocycles. The van der Waals surface area contributed by atoms with Crippen LogP contribution in [0.5, 0.6) is 46.0 Å². The standard InChI is InChI=1S/C112H144O8/c1-33-41-113-97-73-49-75-59-90(106(12,13)14)61-77(98(75)114-42-34-2)51-79-63-92(108(18,19)20)65-81(100(79)116-44-36-4)53-83-67-94(110(24,25)26)69-85(102(83)118-46-38-6)55-87-71-96(112(30,31)32)72-88(104(87)120-48-40-8)56-86-70-95(111(27,28)29)68-84(103(86)119-47-39-7)54-82-66-93(109(21,22)23)64-80(101(82)117-45-37-5)52-78-62-91(107(15,16)17)60-76(99(78)115-43-35-3)50-74(97)58-89(57-73)105(9,10)11/h33-40,57-72H,1-8,41-56H2,9-32H3. The fourth-order valence-corrected chi connectivity index (χ4v) is 15.9. The van der Waals surface area contributed by atoms with Crippen LogP contribution < -0.4 is 37.9 Å². The van der Waals surface area contributed by atoms with Crippen molar-refractivity contribution in [2.24, 2.45) is 0 Å². The summed E-state index contributed by atoms with van der Waals surface area (Å²) in [5.74, 6) is 6.36. The van der Waals surface area contributed by atoms with E-state index in [9.17, 15) is 0 Å². The third-order valence-electron chi connectivity index (χ3n) is 22.7. The minimum Gasteiger partial charge on any atom is -0.489 e. The second kappa shape index (κ2) is 38.4. The fourth-order valence-electron chi connectivity index (χ4n) is 15.9. The molecule has 0 saturated carbocycles. The van der Waals surface area contributed by atoms with E-state index in [1.54, 1.807) is 0 Å². The number of rotatable bonds is 24. The van der Waals surface area contributed by atoms with Crippen molar-refractivity contribution >= 4 is 0 Å². The second-order valence-electron chi connectivity index (χ2n) is 41.2. The molecule has 0 unspecified atom stereocenters. The molecule has 0 heterocycles. The Bertz CT molecular complexity index is 3940. The van der Waals surface area contributed by atoms with E-state index in [-0.39, 0.29) is 96.2 Å². The molecule has 0 N–H and O–H groups in total. The van der Waals surface area contributed by atoms with Gasteiger partial charge in [-0.25, -0.2) is 0 Å². The van der Waals surface area contributed by atoms with Gasteiger partial charge in [-0.2, -0.15) is 0 Å². The van der Waals surface area contributed by atoms with E-state index in [2.05, 4.69) is 316 Å². The van der Waals surface area contributed by atoms with Crippen LogP contribution in [0.4, 0.5) is 0 Å². The van der Waals surface area contributed by atoms with E-state index >= 15 is 0 Å². The molecule has 640 valence electrons. The first-order valence-corrected chi connectivity index (χ1v) is 43.4. The van der Waals surface area contributed by atoms with Crippen LogP contribution in [0.2, 0.25) is 0 Å². The van der Waals surface area contributed by atoms with Crippen LogP contribution in [-0.2, 0) is 94.7 Å². The number of hydrogen-bond acceptors (Lipinski definition) is 8. The van der Waals surface area contributed by atoms with Gasteiger partial charge in [0.1, 0.15) is 98.9 Å². The smallest absolute Gasteiger partial charge is 0.126 e. The molecule has 0 radical (unpaired) electrons. The predicted molar refractivity (Wildman–Crippen MR) is 509 cm³/mol. The Morgan fingerprint density at radius 3 is 0.300 bits per heavy atom. The quantitative estimate of drug-likeness (QED) is 0.0554. The molecular weight excluding hydrogens is 1470 g/mol. The molecule has 0 aromatic heterocycles. The zero-order valence-electron chi connectivity index (χ0n) is 78.1. The maximum Gasteiger partial charge on any atom is 0.126 e. The monoisotopic (exact) mass is 1620 g/mol. The van der Waals surface area contributed by atoms with E-state index in [0.717, 1.165) is 135 Å². The lowest BCUT2D eigenvalue weighted by Gasteiger charge is -2.29. The zero-order chi connectivity index (χ0) is 88.4. The first-order chi connectivity index (χ1) is 56.2. The zero-order valence-corrected chi connectivity index (χ0v) is 78.1. The summed E-state index contributed by atoms with van der Waals surface area (Å²) in [5.41, 5.74) is 23.5. The van der Waals surface area contributed by atoms with Crippen LogP contribution in [-0.4, -0.2) is 52.9 Å². The van der Waals surface area contributed by atoms with Crippen LogP contribution in [0, 0.1) is 0 Å². The molecule has 0 saturated heterocycles. The molecule has 8 nitrogen and oxygen atoms in total. The van der Waals surface area contributed by atoms with Crippen LogP contribution in [0.3, 0.4) is 0 Å². The molecule has 8 aromatic carbocycles. The Balaban J connectivity index is 1.51. The minimum atomic E-state index is -0.292. The van der Waals surface area contributed by atoms with Gasteiger partial charge in [-0.3, -0.25) is 0 Å². The highest BCUT2D eigenvalue weighted by Gasteiger charge is 2.34. The van der Waals surface area contributed by atoms with E-state index in [4.69, 9.17) is 37.9 Å². The summed E-state index contributed by atoms with van der Waals surface area (Å²) >= 11 is 0. The minimum absolute atomic E-state index is 0.278. The first-order valence-electron chi connectivity index (χ1n) is 43.4. The summed E-state index contributed by atoms with van der Waals surface area (Å²) in [7, 11) is 0. The van der Waals surface area contributed by atoms with Gasteiger partial charge >= 0.3 is 0 Å². The van der Waals surface area contributed by atoms with Gasteiger partial charge in [0.05, 0.1) is 0 Å². The number of benzene rings is 8. The molecular formula is C112H144O8. The number of fused-ring (bicyclic) bond motifs is 16. The van der Waals surface area contributed by atoms with Crippen molar-refractivity contribution in [2.75, 3.05) is 52.9 Å². The second-order valence-corrected chi connectivity index (χ2v) is 41.2. The van der Waals surface area contributed by atoms with Crippen molar-refractivity contribution < 1.29 is 37.9 Å². The van der Waals surface area contributed by atoms with Gasteiger partial charge in [0.15, 0.2) is 0 Å². The van der Waals surface area contributed by atoms with E-state index < -0.39 is 0 Å². The maximum absolute atomic E-state index is 7.22. The summed E-state index contributed by atoms with van der Waals surface area (Å²) in [6.45, 7) is 91.4. The van der Waals surface area contributed by atoms with Crippen LogP contribution in [0.25, 0.3) is 0 Å². The molecule has 120 heavy (non-hydrogen) atoms. The average molecular weight is 1620 g/mol. The van der Waals surface area contributed by atoms with Crippen molar-refractivity contribution in [3.8, 4) is 46.0 Å². The van der Waals surface area contributed by atoms with Crippen LogP contribution in [0.1, 0.15) is 300 Å². The van der Waals surface area contributed by atoms with Crippen molar-refractivity contribution in [3.05, 3.63) is 332 Å². The third kappa shape index (κ3) is 23.4. The number of hydrogen-bond donors (Lipinski definition) is 0. The van der Waals surface area contributed by atoms with Gasteiger partial charge in [0, 0.05) is 51.4 Å². The Kier molecular flexibility index (Phi) is 30.1. The lowest BCUT2D eigenvalue weighted by Crippen LogP contribution is -2.17. The SMILES string of the molecule is C=CCOc1c2cc(C(C)(C)C)cc1Cc1cc(C(C)(C)C)cc(c1OCC=C)Cc1cc(C(C)(C)C)cc(c1OCC=C)Cc1cc(C(C)(C)C)cc(c1OCC=C)Cc1cc(C(C)(C)C)cc(c1OCC=C)Cc1cc(C(C)(C)C)cc(c1OCC=C)Cc1cc(C(C)(C)C)cc(c1OCC=C)Cc1cc(C(C)(C)C)cc(c1OCC=C)C2. The topological polar surface area (TPSA) is 73.8 Å². The van der Waals surface area contributed by atoms with Crippen molar-refractivity contribution in [2.45, 2.75) is 261 Å². The van der Waals surface area contributed by atoms with Gasteiger partial charge in [-0.05, 0) is 177 Å². The highest BCUT2D eigenvalue weighted by Crippen LogP contribution is 2.49. The van der Waals surface area contributed by atoms with Crippen LogP contribution in [0.15, 0.2) is 198 Å². The fraction of sp³-hybridized carbons (Fsp3) is 0.429. The Hall–Kier alpha value is -9.92. The average Bonchev–Trinajstić information content (AvgIpc) is 0.769. The highest BCUT2D eigenvalue weighted by molar-refractivity contribution is 5.64. The molecule has 0 spiro atoms. The van der Waals surface area contributed by atoms with Crippen molar-refractivity contribution in [1.82, 2.24) is 0 Å². The molecule has 0 amide bonds. The van der Waals surface area contributed by atoms with E-state index in [1.807, 2.05) is 48.6 Å². The largest absolute Gasteiger partial charge is 0.489 e. The lowest BCUT2D eigenvalue weighted by atomic mass is 9.79. The number of ether oxygens (including phenoxy) is 8. The summed E-state index contributed by atoms with van der Waals surface area (Å²) < 4.78 is 57.7. The van der Waals surface area contributed by atoms with E-state index in [0.29, 0.717) is 51.4 Å². The summed E-state index contributed by atoms with van der Waals surface area (Å²) in [6.07, 6.45) is 18.5. The van der Waals surface area contributed by atoms with Crippen molar-refractivity contribution in [1.29, 1.82) is 0 Å².